The summed E-state index contributed by atoms with van der Waals surface area (Å²) in [5, 5.41) is 23.6. The van der Waals surface area contributed by atoms with E-state index >= 15 is 0 Å². The standard InChI is InChI=1S/C27H34O9/c1-23-7-5-16-25(3)17(9-19(29)33-4)24(2)13-27(25,32)36-26(16,11-15(28)21(24)31)18(23)10-20(30)35-22(23)14-6-8-34-12-14/h6,8,12,16-18,21-22,31-32H,5,7,9-11,13H2,1-4H3/t16-,17-,18-,21+,22-,23+,24+,25+,26+,27-/m0/s1. The van der Waals surface area contributed by atoms with Crippen LogP contribution in [-0.2, 0) is 28.6 Å². The number of aliphatic hydroxyl groups is 2. The summed E-state index contributed by atoms with van der Waals surface area (Å²) >= 11 is 0. The molecule has 196 valence electrons. The molecule has 36 heavy (non-hydrogen) atoms. The van der Waals surface area contributed by atoms with Crippen molar-refractivity contribution in [3.63, 3.8) is 0 Å². The predicted octanol–water partition coefficient (Wildman–Crippen LogP) is 2.69. The lowest BCUT2D eigenvalue weighted by molar-refractivity contribution is -0.288. The van der Waals surface area contributed by atoms with Crippen molar-refractivity contribution in [3.8, 4) is 0 Å². The van der Waals surface area contributed by atoms with Crippen LogP contribution in [0.2, 0.25) is 0 Å². The van der Waals surface area contributed by atoms with E-state index in [-0.39, 0.29) is 37.4 Å². The molecule has 6 aliphatic rings. The van der Waals surface area contributed by atoms with E-state index in [0.717, 1.165) is 5.56 Å². The van der Waals surface area contributed by atoms with Gasteiger partial charge in [0.15, 0.2) is 11.6 Å². The first-order valence-corrected chi connectivity index (χ1v) is 12.8. The molecule has 9 nitrogen and oxygen atoms in total. The minimum atomic E-state index is -1.68. The molecule has 3 saturated heterocycles. The molecule has 6 fully saturated rings. The van der Waals surface area contributed by atoms with Gasteiger partial charge in [-0.15, -0.1) is 0 Å². The number of methoxy groups -OCH3 is 1. The number of carbonyl (C=O) groups excluding carboxylic acids is 3. The first-order valence-electron chi connectivity index (χ1n) is 12.8. The molecular formula is C27H34O9. The van der Waals surface area contributed by atoms with Gasteiger partial charge in [0.25, 0.3) is 0 Å². The third-order valence-corrected chi connectivity index (χ3v) is 11.1. The minimum absolute atomic E-state index is 0.0162. The Labute approximate surface area is 209 Å². The molecular weight excluding hydrogens is 468 g/mol. The summed E-state index contributed by atoms with van der Waals surface area (Å²) in [5.74, 6) is -4.24. The smallest absolute Gasteiger partial charge is 0.306 e. The van der Waals surface area contributed by atoms with Crippen molar-refractivity contribution in [3.05, 3.63) is 24.2 Å². The van der Waals surface area contributed by atoms with Gasteiger partial charge in [-0.2, -0.15) is 0 Å². The van der Waals surface area contributed by atoms with Crippen LogP contribution in [0.15, 0.2) is 23.0 Å². The number of hydrogen-bond donors (Lipinski definition) is 2. The average Bonchev–Trinajstić information content (AvgIpc) is 3.45. The SMILES string of the molecule is COC(=O)C[C@H]1[C@@]2(C)C[C@]3(O)O[C@]4(CC(=O)[C@H]2O)[C@@H](CC[C@@]2(C)[C@H](c5ccoc5)OC(=O)C[C@@H]24)[C@]13C. The van der Waals surface area contributed by atoms with Crippen molar-refractivity contribution in [2.75, 3.05) is 7.11 Å². The maximum absolute atomic E-state index is 13.7. The fourth-order valence-electron chi connectivity index (χ4n) is 9.46. The van der Waals surface area contributed by atoms with E-state index in [2.05, 4.69) is 0 Å². The van der Waals surface area contributed by atoms with Gasteiger partial charge >= 0.3 is 11.9 Å². The number of fused-ring (bicyclic) bond motifs is 3. The monoisotopic (exact) mass is 502 g/mol. The Kier molecular flexibility index (Phi) is 4.83. The van der Waals surface area contributed by atoms with Crippen molar-refractivity contribution in [1.29, 1.82) is 0 Å². The fraction of sp³-hybridized carbons (Fsp3) is 0.741. The van der Waals surface area contributed by atoms with Crippen LogP contribution in [0.25, 0.3) is 0 Å². The molecule has 4 heterocycles. The molecule has 2 N–H and O–H groups in total. The van der Waals surface area contributed by atoms with E-state index in [1.165, 1.54) is 13.4 Å². The number of cyclic esters (lactones) is 1. The highest BCUT2D eigenvalue weighted by Gasteiger charge is 2.83. The third-order valence-electron chi connectivity index (χ3n) is 11.1. The Morgan fingerprint density at radius 3 is 2.61 bits per heavy atom. The Hall–Kier alpha value is -2.23. The quantitative estimate of drug-likeness (QED) is 0.599. The van der Waals surface area contributed by atoms with E-state index in [4.69, 9.17) is 18.6 Å². The lowest BCUT2D eigenvalue weighted by Crippen LogP contribution is -2.64. The Morgan fingerprint density at radius 1 is 1.19 bits per heavy atom. The summed E-state index contributed by atoms with van der Waals surface area (Å²) in [6, 6.07) is 1.78. The van der Waals surface area contributed by atoms with Gasteiger partial charge in [-0.3, -0.25) is 14.4 Å². The largest absolute Gasteiger partial charge is 0.472 e. The maximum atomic E-state index is 13.7. The van der Waals surface area contributed by atoms with E-state index in [1.807, 2.05) is 13.8 Å². The summed E-state index contributed by atoms with van der Waals surface area (Å²) in [5.41, 5.74) is -3.04. The zero-order valence-corrected chi connectivity index (χ0v) is 21.1. The van der Waals surface area contributed by atoms with Gasteiger partial charge in [-0.05, 0) is 30.7 Å². The number of aliphatic hydroxyl groups excluding tert-OH is 1. The molecule has 10 atom stereocenters. The molecule has 1 aromatic heterocycles. The van der Waals surface area contributed by atoms with Gasteiger partial charge in [0.05, 0.1) is 31.7 Å². The molecule has 0 aromatic carbocycles. The van der Waals surface area contributed by atoms with Crippen molar-refractivity contribution in [2.45, 2.75) is 82.9 Å². The summed E-state index contributed by atoms with van der Waals surface area (Å²) in [6.45, 7) is 5.74. The second-order valence-electron chi connectivity index (χ2n) is 12.5. The van der Waals surface area contributed by atoms with Gasteiger partial charge in [0.2, 0.25) is 0 Å². The fourth-order valence-corrected chi connectivity index (χ4v) is 9.46. The van der Waals surface area contributed by atoms with Crippen LogP contribution in [0.4, 0.5) is 0 Å². The normalized spacial score (nSPS) is 51.2. The van der Waals surface area contributed by atoms with Crippen molar-refractivity contribution < 1.29 is 43.2 Å². The number of hydrogen-bond acceptors (Lipinski definition) is 9. The number of furan rings is 1. The topological polar surface area (TPSA) is 133 Å². The van der Waals surface area contributed by atoms with Crippen LogP contribution < -0.4 is 0 Å². The van der Waals surface area contributed by atoms with Crippen molar-refractivity contribution >= 4 is 17.7 Å². The van der Waals surface area contributed by atoms with E-state index in [9.17, 15) is 24.6 Å². The molecule has 3 aliphatic heterocycles. The molecule has 0 amide bonds. The van der Waals surface area contributed by atoms with Gasteiger partial charge in [-0.1, -0.05) is 20.8 Å². The Bertz CT molecular complexity index is 1130. The van der Waals surface area contributed by atoms with Crippen molar-refractivity contribution in [1.82, 2.24) is 0 Å². The van der Waals surface area contributed by atoms with Crippen LogP contribution in [0.5, 0.6) is 0 Å². The number of rotatable bonds is 3. The Balaban J connectivity index is 1.54. The Morgan fingerprint density at radius 2 is 1.94 bits per heavy atom. The molecule has 0 radical (unpaired) electrons. The van der Waals surface area contributed by atoms with Crippen LogP contribution in [0.1, 0.15) is 71.0 Å². The molecule has 4 bridgehead atoms. The minimum Gasteiger partial charge on any atom is -0.472 e. The zero-order chi connectivity index (χ0) is 25.9. The zero-order valence-electron chi connectivity index (χ0n) is 21.1. The van der Waals surface area contributed by atoms with Gasteiger partial charge < -0.3 is 28.8 Å². The summed E-state index contributed by atoms with van der Waals surface area (Å²) in [6.07, 6.45) is 2.30. The molecule has 3 saturated carbocycles. The predicted molar refractivity (Wildman–Crippen MR) is 122 cm³/mol. The molecule has 0 unspecified atom stereocenters. The molecule has 9 heteroatoms. The first-order chi connectivity index (χ1) is 16.9. The van der Waals surface area contributed by atoms with Crippen LogP contribution in [0, 0.1) is 34.0 Å². The molecule has 3 aliphatic carbocycles. The average molecular weight is 503 g/mol. The molecule has 1 aromatic rings. The summed E-state index contributed by atoms with van der Waals surface area (Å²) in [7, 11) is 1.31. The van der Waals surface area contributed by atoms with Crippen LogP contribution >= 0.6 is 0 Å². The van der Waals surface area contributed by atoms with Crippen LogP contribution in [-0.4, -0.2) is 52.5 Å². The van der Waals surface area contributed by atoms with Gasteiger partial charge in [0, 0.05) is 47.0 Å². The maximum Gasteiger partial charge on any atom is 0.306 e. The molecule has 7 rings (SSSR count). The van der Waals surface area contributed by atoms with Crippen molar-refractivity contribution in [2.24, 2.45) is 34.0 Å². The summed E-state index contributed by atoms with van der Waals surface area (Å²) < 4.78 is 22.9. The first kappa shape index (κ1) is 24.1. The third kappa shape index (κ3) is 2.64. The second kappa shape index (κ2) is 7.20. The molecule has 1 spiro atoms. The van der Waals surface area contributed by atoms with E-state index < -0.39 is 63.6 Å². The number of Topliss-reactive ketones (excluding diaryl/α,β-unsaturated/α-hetero) is 1. The lowest BCUT2D eigenvalue weighted by atomic mass is 9.45. The second-order valence-corrected chi connectivity index (χ2v) is 12.5. The van der Waals surface area contributed by atoms with E-state index in [0.29, 0.717) is 12.8 Å². The van der Waals surface area contributed by atoms with Gasteiger partial charge in [-0.25, -0.2) is 0 Å². The van der Waals surface area contributed by atoms with Crippen LogP contribution in [0.3, 0.4) is 0 Å². The lowest BCUT2D eigenvalue weighted by Gasteiger charge is -2.61. The number of esters is 2. The summed E-state index contributed by atoms with van der Waals surface area (Å²) in [4.78, 5) is 39.2. The highest BCUT2D eigenvalue weighted by Crippen LogP contribution is 2.78. The number of ether oxygens (including phenoxy) is 3. The number of ketones is 1. The highest BCUT2D eigenvalue weighted by atomic mass is 16.7. The number of carbonyl (C=O) groups is 3. The van der Waals surface area contributed by atoms with Gasteiger partial charge in [0.1, 0.15) is 12.2 Å². The van der Waals surface area contributed by atoms with E-state index in [1.54, 1.807) is 19.3 Å². The highest BCUT2D eigenvalue weighted by molar-refractivity contribution is 5.86.